The highest BCUT2D eigenvalue weighted by molar-refractivity contribution is 6.32. The second-order valence-electron chi connectivity index (χ2n) is 7.95. The van der Waals surface area contributed by atoms with Crippen LogP contribution in [-0.2, 0) is 9.59 Å². The lowest BCUT2D eigenvalue weighted by atomic mass is 9.89. The third kappa shape index (κ3) is 2.47. The first-order chi connectivity index (χ1) is 13.5. The van der Waals surface area contributed by atoms with E-state index in [1.807, 2.05) is 13.0 Å². The van der Waals surface area contributed by atoms with E-state index in [-0.39, 0.29) is 17.9 Å². The summed E-state index contributed by atoms with van der Waals surface area (Å²) in [6.45, 7) is 5.65. The Labute approximate surface area is 169 Å². The topological polar surface area (TPSA) is 43.9 Å². The lowest BCUT2D eigenvalue weighted by molar-refractivity contribution is -0.126. The van der Waals surface area contributed by atoms with Crippen molar-refractivity contribution in [2.45, 2.75) is 32.4 Å². The largest absolute Gasteiger partial charge is 0.274 e. The van der Waals surface area contributed by atoms with Crippen molar-refractivity contribution in [3.05, 3.63) is 64.2 Å². The first kappa shape index (κ1) is 17.9. The van der Waals surface area contributed by atoms with Crippen LogP contribution in [0.15, 0.2) is 42.5 Å². The number of rotatable bonds is 2. The van der Waals surface area contributed by atoms with E-state index in [4.69, 9.17) is 11.6 Å². The molecule has 3 saturated heterocycles. The minimum atomic E-state index is -0.429. The second-order valence-corrected chi connectivity index (χ2v) is 8.36. The molecule has 2 amide bonds. The Hall–Kier alpha value is -2.21. The van der Waals surface area contributed by atoms with Gasteiger partial charge in [-0.15, -0.1) is 0 Å². The molecule has 28 heavy (non-hydrogen) atoms. The maximum Gasteiger partial charge on any atom is 0.253 e. The molecule has 0 saturated carbocycles. The smallest absolute Gasteiger partial charge is 0.253 e. The molecule has 0 N–H and O–H groups in total. The maximum absolute atomic E-state index is 13.5. The summed E-state index contributed by atoms with van der Waals surface area (Å²) in [6.07, 6.45) is 1.00. The maximum atomic E-state index is 13.5. The van der Waals surface area contributed by atoms with Crippen LogP contribution < -0.4 is 4.90 Å². The van der Waals surface area contributed by atoms with Gasteiger partial charge in [0, 0.05) is 18.1 Å². The number of carbonyl (C=O) groups is 2. The molecule has 6 heteroatoms. The summed E-state index contributed by atoms with van der Waals surface area (Å²) >= 11 is 6.27. The van der Waals surface area contributed by atoms with Gasteiger partial charge in [-0.3, -0.25) is 9.59 Å². The summed E-state index contributed by atoms with van der Waals surface area (Å²) in [7, 11) is 0. The fraction of sp³-hybridized carbons (Fsp3) is 0.364. The van der Waals surface area contributed by atoms with E-state index in [9.17, 15) is 9.59 Å². The average Bonchev–Trinajstić information content (AvgIpc) is 3.31. The van der Waals surface area contributed by atoms with E-state index in [1.165, 1.54) is 10.5 Å². The van der Waals surface area contributed by atoms with E-state index in [2.05, 4.69) is 41.2 Å². The summed E-state index contributed by atoms with van der Waals surface area (Å²) in [4.78, 5) is 28.2. The Morgan fingerprint density at radius 1 is 0.893 bits per heavy atom. The first-order valence-corrected chi connectivity index (χ1v) is 10.1. The molecule has 3 heterocycles. The molecule has 0 bridgehead atoms. The van der Waals surface area contributed by atoms with Gasteiger partial charge in [0.2, 0.25) is 5.91 Å². The summed E-state index contributed by atoms with van der Waals surface area (Å²) in [6, 6.07) is 13.2. The van der Waals surface area contributed by atoms with E-state index < -0.39 is 12.0 Å². The minimum Gasteiger partial charge on any atom is -0.274 e. The standard InChI is InChI=1S/C22H22ClN3O2/c1-13-4-7-15(8-5-13)19-18-20(25-11-3-10-24(19)25)22(28)26(21(18)27)16-9-6-14(2)17(23)12-16/h4-9,12,18-20H,3,10-11H2,1-2H3/t18-,19+,20+/m1/s1. The van der Waals surface area contributed by atoms with Crippen molar-refractivity contribution in [2.75, 3.05) is 18.0 Å². The third-order valence-corrected chi connectivity index (χ3v) is 6.65. The van der Waals surface area contributed by atoms with Crippen LogP contribution in [0.1, 0.15) is 29.2 Å². The molecule has 2 aromatic carbocycles. The summed E-state index contributed by atoms with van der Waals surface area (Å²) in [5.74, 6) is -0.665. The second kappa shape index (κ2) is 6.41. The fourth-order valence-corrected chi connectivity index (χ4v) is 5.03. The van der Waals surface area contributed by atoms with Crippen LogP contribution in [0.5, 0.6) is 0 Å². The van der Waals surface area contributed by atoms with Crippen molar-refractivity contribution in [3.8, 4) is 0 Å². The number of nitrogens with zero attached hydrogens (tertiary/aromatic N) is 3. The number of benzene rings is 2. The van der Waals surface area contributed by atoms with Gasteiger partial charge >= 0.3 is 0 Å². The highest BCUT2D eigenvalue weighted by Crippen LogP contribution is 2.49. The Morgan fingerprint density at radius 2 is 1.57 bits per heavy atom. The molecule has 144 valence electrons. The molecule has 5 nitrogen and oxygen atoms in total. The molecule has 0 aromatic heterocycles. The number of halogens is 1. The van der Waals surface area contributed by atoms with Gasteiger partial charge in [-0.2, -0.15) is 0 Å². The van der Waals surface area contributed by atoms with Gasteiger partial charge in [0.25, 0.3) is 5.91 Å². The van der Waals surface area contributed by atoms with Crippen molar-refractivity contribution in [3.63, 3.8) is 0 Å². The molecule has 3 aliphatic rings. The predicted molar refractivity (Wildman–Crippen MR) is 108 cm³/mol. The van der Waals surface area contributed by atoms with Crippen LogP contribution in [0, 0.1) is 19.8 Å². The molecular weight excluding hydrogens is 374 g/mol. The lowest BCUT2D eigenvalue weighted by Crippen LogP contribution is -2.44. The Balaban J connectivity index is 1.58. The van der Waals surface area contributed by atoms with E-state index in [0.717, 1.165) is 30.6 Å². The van der Waals surface area contributed by atoms with E-state index in [0.29, 0.717) is 10.7 Å². The van der Waals surface area contributed by atoms with Gasteiger partial charge in [0.1, 0.15) is 6.04 Å². The van der Waals surface area contributed by atoms with Gasteiger partial charge in [-0.25, -0.2) is 14.9 Å². The number of amides is 2. The number of hydrogen-bond donors (Lipinski definition) is 0. The zero-order chi connectivity index (χ0) is 19.6. The van der Waals surface area contributed by atoms with Crippen LogP contribution in [0.3, 0.4) is 0 Å². The molecule has 0 unspecified atom stereocenters. The van der Waals surface area contributed by atoms with E-state index >= 15 is 0 Å². The Kier molecular flexibility index (Phi) is 4.09. The van der Waals surface area contributed by atoms with Crippen molar-refractivity contribution in [1.82, 2.24) is 10.0 Å². The van der Waals surface area contributed by atoms with Crippen molar-refractivity contribution in [2.24, 2.45) is 5.92 Å². The number of anilines is 1. The van der Waals surface area contributed by atoms with Crippen LogP contribution in [0.25, 0.3) is 0 Å². The number of aryl methyl sites for hydroxylation is 2. The quantitative estimate of drug-likeness (QED) is 0.730. The van der Waals surface area contributed by atoms with Crippen molar-refractivity contribution < 1.29 is 9.59 Å². The number of hydrazine groups is 1. The van der Waals surface area contributed by atoms with Gasteiger partial charge in [-0.1, -0.05) is 47.5 Å². The summed E-state index contributed by atoms with van der Waals surface area (Å²) in [5.41, 5.74) is 3.76. The van der Waals surface area contributed by atoms with E-state index in [1.54, 1.807) is 12.1 Å². The van der Waals surface area contributed by atoms with Gasteiger partial charge in [0.05, 0.1) is 17.6 Å². The molecule has 5 rings (SSSR count). The van der Waals surface area contributed by atoms with Crippen LogP contribution in [-0.4, -0.2) is 41.0 Å². The third-order valence-electron chi connectivity index (χ3n) is 6.24. The van der Waals surface area contributed by atoms with Crippen LogP contribution in [0.2, 0.25) is 5.02 Å². The van der Waals surface area contributed by atoms with Gasteiger partial charge in [-0.05, 0) is 43.5 Å². The summed E-state index contributed by atoms with van der Waals surface area (Å²) < 4.78 is 0. The zero-order valence-electron chi connectivity index (χ0n) is 15.9. The minimum absolute atomic E-state index is 0.101. The molecule has 3 aliphatic heterocycles. The van der Waals surface area contributed by atoms with Crippen molar-refractivity contribution >= 4 is 29.1 Å². The predicted octanol–water partition coefficient (Wildman–Crippen LogP) is 3.49. The SMILES string of the molecule is Cc1ccc([C@H]2[C@H]3C(=O)N(c4ccc(C)c(Cl)c4)C(=O)[C@H]3N3CCCN23)cc1. The molecular formula is C22H22ClN3O2. The van der Waals surface area contributed by atoms with Crippen LogP contribution >= 0.6 is 11.6 Å². The number of fused-ring (bicyclic) bond motifs is 3. The first-order valence-electron chi connectivity index (χ1n) is 9.71. The molecule has 0 aliphatic carbocycles. The normalized spacial score (nSPS) is 27.5. The molecule has 0 spiro atoms. The highest BCUT2D eigenvalue weighted by Gasteiger charge is 2.62. The number of hydrogen-bond acceptors (Lipinski definition) is 4. The number of imide groups is 1. The number of carbonyl (C=O) groups excluding carboxylic acids is 2. The molecule has 0 radical (unpaired) electrons. The summed E-state index contributed by atoms with van der Waals surface area (Å²) in [5, 5.41) is 4.91. The van der Waals surface area contributed by atoms with Crippen molar-refractivity contribution in [1.29, 1.82) is 0 Å². The highest BCUT2D eigenvalue weighted by atomic mass is 35.5. The average molecular weight is 396 g/mol. The zero-order valence-corrected chi connectivity index (χ0v) is 16.7. The molecule has 3 fully saturated rings. The molecule has 3 atom stereocenters. The Bertz CT molecular complexity index is 974. The van der Waals surface area contributed by atoms with Crippen LogP contribution in [0.4, 0.5) is 5.69 Å². The molecule has 2 aromatic rings. The monoisotopic (exact) mass is 395 g/mol. The lowest BCUT2D eigenvalue weighted by Gasteiger charge is -2.30. The fourth-order valence-electron chi connectivity index (χ4n) is 4.85. The Morgan fingerprint density at radius 3 is 2.25 bits per heavy atom. The van der Waals surface area contributed by atoms with Gasteiger partial charge < -0.3 is 0 Å². The van der Waals surface area contributed by atoms with Gasteiger partial charge in [0.15, 0.2) is 0 Å².